The number of nitrogens with one attached hydrogen (secondary N) is 2. The van der Waals surface area contributed by atoms with Crippen LogP contribution >= 0.6 is 0 Å². The van der Waals surface area contributed by atoms with Gasteiger partial charge in [0, 0.05) is 31.6 Å². The van der Waals surface area contributed by atoms with E-state index in [4.69, 9.17) is 4.74 Å². The van der Waals surface area contributed by atoms with Crippen molar-refractivity contribution in [2.45, 2.75) is 19.9 Å². The molecule has 0 aliphatic carbocycles. The molecule has 1 unspecified atom stereocenters. The summed E-state index contributed by atoms with van der Waals surface area (Å²) in [7, 11) is 1.71. The van der Waals surface area contributed by atoms with Gasteiger partial charge in [0.05, 0.1) is 12.6 Å². The monoisotopic (exact) mass is 277 g/mol. The van der Waals surface area contributed by atoms with Crippen LogP contribution in [0.4, 0.5) is 16.2 Å². The van der Waals surface area contributed by atoms with Crippen LogP contribution in [-0.4, -0.2) is 38.9 Å². The summed E-state index contributed by atoms with van der Waals surface area (Å²) in [5, 5.41) is 6.29. The molecular formula is C15H23N3O2. The maximum Gasteiger partial charge on any atom is 0.321 e. The van der Waals surface area contributed by atoms with Crippen LogP contribution in [0.15, 0.2) is 24.3 Å². The van der Waals surface area contributed by atoms with Gasteiger partial charge >= 0.3 is 6.03 Å². The Morgan fingerprint density at radius 1 is 1.45 bits per heavy atom. The fraction of sp³-hybridized carbons (Fsp3) is 0.533. The first-order chi connectivity index (χ1) is 9.61. The van der Waals surface area contributed by atoms with Crippen LogP contribution in [-0.2, 0) is 4.74 Å². The van der Waals surface area contributed by atoms with E-state index in [-0.39, 0.29) is 12.1 Å². The van der Waals surface area contributed by atoms with E-state index in [2.05, 4.69) is 24.5 Å². The van der Waals surface area contributed by atoms with E-state index < -0.39 is 0 Å². The molecule has 1 aliphatic heterocycles. The number of amides is 2. The Kier molecular flexibility index (Phi) is 4.84. The Morgan fingerprint density at radius 3 is 2.85 bits per heavy atom. The van der Waals surface area contributed by atoms with E-state index in [0.717, 1.165) is 11.4 Å². The van der Waals surface area contributed by atoms with Crippen molar-refractivity contribution in [3.63, 3.8) is 0 Å². The number of hydrogen-bond donors (Lipinski definition) is 2. The number of carbonyl (C=O) groups excluding carboxylic acids is 1. The molecule has 2 N–H and O–H groups in total. The Balaban J connectivity index is 2.11. The first-order valence-electron chi connectivity index (χ1n) is 7.02. The zero-order valence-electron chi connectivity index (χ0n) is 12.3. The molecule has 1 aliphatic rings. The van der Waals surface area contributed by atoms with Crippen molar-refractivity contribution in [3.8, 4) is 0 Å². The molecule has 2 amide bonds. The Hall–Kier alpha value is -1.75. The molecular weight excluding hydrogens is 254 g/mol. The van der Waals surface area contributed by atoms with Crippen molar-refractivity contribution >= 4 is 17.4 Å². The molecule has 110 valence electrons. The summed E-state index contributed by atoms with van der Waals surface area (Å²) in [5.41, 5.74) is 1.93. The average Bonchev–Trinajstić information content (AvgIpc) is 2.85. The lowest BCUT2D eigenvalue weighted by atomic mass is 10.0. The minimum Gasteiger partial charge on any atom is -0.383 e. The van der Waals surface area contributed by atoms with Gasteiger partial charge in [0.25, 0.3) is 0 Å². The van der Waals surface area contributed by atoms with E-state index in [1.807, 2.05) is 24.3 Å². The average molecular weight is 277 g/mol. The number of benzene rings is 1. The number of nitrogens with zero attached hydrogens (tertiary/aromatic N) is 1. The van der Waals surface area contributed by atoms with E-state index in [9.17, 15) is 4.79 Å². The lowest BCUT2D eigenvalue weighted by molar-refractivity contribution is 0.171. The molecule has 5 nitrogen and oxygen atoms in total. The van der Waals surface area contributed by atoms with Gasteiger partial charge in [0.15, 0.2) is 0 Å². The third-order valence-corrected chi connectivity index (χ3v) is 3.52. The Morgan fingerprint density at radius 2 is 2.25 bits per heavy atom. The number of ether oxygens (including phenoxy) is 1. The third kappa shape index (κ3) is 3.42. The number of urea groups is 1. The zero-order valence-corrected chi connectivity index (χ0v) is 12.3. The van der Waals surface area contributed by atoms with Crippen LogP contribution in [0, 0.1) is 5.92 Å². The molecule has 1 atom stereocenters. The molecule has 1 aromatic rings. The van der Waals surface area contributed by atoms with Crippen molar-refractivity contribution in [2.75, 3.05) is 37.0 Å². The Labute approximate surface area is 120 Å². The van der Waals surface area contributed by atoms with Crippen molar-refractivity contribution in [2.24, 2.45) is 5.92 Å². The molecule has 1 heterocycles. The minimum absolute atomic E-state index is 0.0283. The molecule has 0 bridgehead atoms. The summed E-state index contributed by atoms with van der Waals surface area (Å²) >= 11 is 0. The van der Waals surface area contributed by atoms with Gasteiger partial charge in [-0.25, -0.2) is 4.79 Å². The first kappa shape index (κ1) is 14.7. The number of rotatable bonds is 6. The molecule has 1 saturated heterocycles. The number of methoxy groups -OCH3 is 1. The van der Waals surface area contributed by atoms with Crippen molar-refractivity contribution in [3.05, 3.63) is 24.3 Å². The highest BCUT2D eigenvalue weighted by molar-refractivity contribution is 5.94. The summed E-state index contributed by atoms with van der Waals surface area (Å²) in [6.45, 7) is 6.40. The molecule has 1 fully saturated rings. The van der Waals surface area contributed by atoms with Crippen LogP contribution in [0.1, 0.15) is 13.8 Å². The van der Waals surface area contributed by atoms with Gasteiger partial charge in [0.1, 0.15) is 0 Å². The highest BCUT2D eigenvalue weighted by Crippen LogP contribution is 2.22. The maximum atomic E-state index is 11.7. The van der Waals surface area contributed by atoms with Crippen LogP contribution in [0.2, 0.25) is 0 Å². The molecule has 0 saturated carbocycles. The van der Waals surface area contributed by atoms with Gasteiger partial charge in [-0.2, -0.15) is 0 Å². The smallest absolute Gasteiger partial charge is 0.321 e. The van der Waals surface area contributed by atoms with Gasteiger partial charge in [-0.05, 0) is 24.1 Å². The summed E-state index contributed by atoms with van der Waals surface area (Å²) in [6, 6.07) is 8.17. The van der Waals surface area contributed by atoms with Gasteiger partial charge in [-0.1, -0.05) is 19.9 Å². The van der Waals surface area contributed by atoms with Crippen molar-refractivity contribution in [1.29, 1.82) is 0 Å². The summed E-state index contributed by atoms with van der Waals surface area (Å²) in [4.78, 5) is 13.4. The lowest BCUT2D eigenvalue weighted by Gasteiger charge is -2.23. The molecule has 0 radical (unpaired) electrons. The van der Waals surface area contributed by atoms with Gasteiger partial charge in [-0.3, -0.25) is 4.90 Å². The van der Waals surface area contributed by atoms with Crippen LogP contribution in [0.3, 0.4) is 0 Å². The van der Waals surface area contributed by atoms with E-state index in [1.54, 1.807) is 12.0 Å². The third-order valence-electron chi connectivity index (χ3n) is 3.52. The standard InChI is InChI=1S/C15H23N3O2/c1-11(2)14(10-20-3)17-12-5-4-6-13(9-12)18-8-7-16-15(18)19/h4-6,9,11,14,17H,7-8,10H2,1-3H3,(H,16,19). The van der Waals surface area contributed by atoms with Gasteiger partial charge in [-0.15, -0.1) is 0 Å². The molecule has 1 aromatic carbocycles. The van der Waals surface area contributed by atoms with E-state index in [1.165, 1.54) is 0 Å². The molecule has 5 heteroatoms. The molecule has 0 aromatic heterocycles. The minimum atomic E-state index is -0.0283. The largest absolute Gasteiger partial charge is 0.383 e. The normalized spacial score (nSPS) is 16.4. The first-order valence-corrected chi connectivity index (χ1v) is 7.02. The fourth-order valence-corrected chi connectivity index (χ4v) is 2.28. The molecule has 2 rings (SSSR count). The second kappa shape index (κ2) is 6.61. The van der Waals surface area contributed by atoms with Crippen molar-refractivity contribution in [1.82, 2.24) is 5.32 Å². The Bertz CT molecular complexity index is 462. The highest BCUT2D eigenvalue weighted by Gasteiger charge is 2.21. The number of anilines is 2. The highest BCUT2D eigenvalue weighted by atomic mass is 16.5. The predicted molar refractivity (Wildman–Crippen MR) is 81.3 cm³/mol. The van der Waals surface area contributed by atoms with Crippen LogP contribution in [0.25, 0.3) is 0 Å². The van der Waals surface area contributed by atoms with Gasteiger partial charge in [0.2, 0.25) is 0 Å². The second-order valence-corrected chi connectivity index (χ2v) is 5.38. The van der Waals surface area contributed by atoms with E-state index >= 15 is 0 Å². The molecule has 0 spiro atoms. The maximum absolute atomic E-state index is 11.7. The lowest BCUT2D eigenvalue weighted by Crippen LogP contribution is -2.31. The van der Waals surface area contributed by atoms with Crippen LogP contribution < -0.4 is 15.5 Å². The molecule has 20 heavy (non-hydrogen) atoms. The summed E-state index contributed by atoms with van der Waals surface area (Å²) < 4.78 is 5.25. The number of carbonyl (C=O) groups is 1. The summed E-state index contributed by atoms with van der Waals surface area (Å²) in [6.07, 6.45) is 0. The zero-order chi connectivity index (χ0) is 14.5. The topological polar surface area (TPSA) is 53.6 Å². The predicted octanol–water partition coefficient (Wildman–Crippen LogP) is 2.30. The van der Waals surface area contributed by atoms with Crippen LogP contribution in [0.5, 0.6) is 0 Å². The quantitative estimate of drug-likeness (QED) is 0.839. The SMILES string of the molecule is COCC(Nc1cccc(N2CCNC2=O)c1)C(C)C. The van der Waals surface area contributed by atoms with Gasteiger partial charge < -0.3 is 15.4 Å². The second-order valence-electron chi connectivity index (χ2n) is 5.38. The van der Waals surface area contributed by atoms with E-state index in [0.29, 0.717) is 25.6 Å². The summed E-state index contributed by atoms with van der Waals surface area (Å²) in [5.74, 6) is 0.466. The number of hydrogen-bond acceptors (Lipinski definition) is 3. The van der Waals surface area contributed by atoms with Crippen molar-refractivity contribution < 1.29 is 9.53 Å². The fourth-order valence-electron chi connectivity index (χ4n) is 2.28.